The molecule has 0 bridgehead atoms. The Balaban J connectivity index is 2.57. The van der Waals surface area contributed by atoms with E-state index >= 15 is 0 Å². The minimum atomic E-state index is -0.804. The molecule has 0 amide bonds. The molecule has 0 radical (unpaired) electrons. The Morgan fingerprint density at radius 2 is 2.13 bits per heavy atom. The molecule has 0 aromatic carbocycles. The van der Waals surface area contributed by atoms with Crippen LogP contribution in [-0.2, 0) is 14.3 Å². The standard InChI is InChI=1S/C12H18O3/c1-9(2)6-5-7-12(4)14-10(3)8-11(13)15-12/h6,8H,5,7H2,1-4H3. The van der Waals surface area contributed by atoms with Crippen molar-refractivity contribution in [1.82, 2.24) is 0 Å². The predicted molar refractivity (Wildman–Crippen MR) is 58.0 cm³/mol. The molecule has 0 aliphatic carbocycles. The second-order valence-corrected chi connectivity index (χ2v) is 4.23. The van der Waals surface area contributed by atoms with Gasteiger partial charge in [0.2, 0.25) is 0 Å². The Hall–Kier alpha value is -1.25. The minimum Gasteiger partial charge on any atom is -0.457 e. The summed E-state index contributed by atoms with van der Waals surface area (Å²) in [4.78, 5) is 11.2. The van der Waals surface area contributed by atoms with Crippen molar-refractivity contribution in [3.63, 3.8) is 0 Å². The van der Waals surface area contributed by atoms with Crippen molar-refractivity contribution >= 4 is 5.97 Å². The molecule has 1 atom stereocenters. The molecule has 1 heterocycles. The number of hydrogen-bond acceptors (Lipinski definition) is 3. The van der Waals surface area contributed by atoms with Crippen LogP contribution in [0.25, 0.3) is 0 Å². The van der Waals surface area contributed by atoms with Crippen molar-refractivity contribution < 1.29 is 14.3 Å². The number of carbonyl (C=O) groups excluding carboxylic acids is 1. The fourth-order valence-electron chi connectivity index (χ4n) is 1.52. The van der Waals surface area contributed by atoms with Crippen molar-refractivity contribution in [1.29, 1.82) is 0 Å². The molecular weight excluding hydrogens is 192 g/mol. The minimum absolute atomic E-state index is 0.321. The van der Waals surface area contributed by atoms with Gasteiger partial charge in [-0.15, -0.1) is 0 Å². The maximum Gasteiger partial charge on any atom is 0.337 e. The Morgan fingerprint density at radius 3 is 2.67 bits per heavy atom. The van der Waals surface area contributed by atoms with Crippen LogP contribution in [-0.4, -0.2) is 11.8 Å². The van der Waals surface area contributed by atoms with Crippen LogP contribution in [0.1, 0.15) is 40.5 Å². The number of cyclic esters (lactones) is 1. The van der Waals surface area contributed by atoms with Crippen LogP contribution in [0, 0.1) is 0 Å². The average Bonchev–Trinajstić information content (AvgIpc) is 1.98. The van der Waals surface area contributed by atoms with Gasteiger partial charge in [-0.25, -0.2) is 4.79 Å². The van der Waals surface area contributed by atoms with Gasteiger partial charge in [0, 0.05) is 13.3 Å². The molecule has 0 N–H and O–H groups in total. The number of carbonyl (C=O) groups is 1. The first kappa shape index (κ1) is 11.8. The van der Waals surface area contributed by atoms with Crippen molar-refractivity contribution in [2.45, 2.75) is 46.3 Å². The summed E-state index contributed by atoms with van der Waals surface area (Å²) < 4.78 is 10.7. The van der Waals surface area contributed by atoms with Gasteiger partial charge < -0.3 is 9.47 Å². The van der Waals surface area contributed by atoms with Crippen LogP contribution in [0.5, 0.6) is 0 Å². The fourth-order valence-corrected chi connectivity index (χ4v) is 1.52. The van der Waals surface area contributed by atoms with E-state index in [1.807, 2.05) is 13.8 Å². The van der Waals surface area contributed by atoms with Crippen molar-refractivity contribution in [3.8, 4) is 0 Å². The Labute approximate surface area is 90.8 Å². The van der Waals surface area contributed by atoms with Gasteiger partial charge in [0.05, 0.1) is 6.08 Å². The molecule has 1 unspecified atom stereocenters. The van der Waals surface area contributed by atoms with Crippen LogP contribution in [0.2, 0.25) is 0 Å². The van der Waals surface area contributed by atoms with Crippen LogP contribution >= 0.6 is 0 Å². The van der Waals surface area contributed by atoms with E-state index in [0.29, 0.717) is 12.2 Å². The van der Waals surface area contributed by atoms with E-state index in [1.165, 1.54) is 11.6 Å². The summed E-state index contributed by atoms with van der Waals surface area (Å²) in [6, 6.07) is 0. The molecule has 15 heavy (non-hydrogen) atoms. The zero-order valence-electron chi connectivity index (χ0n) is 9.79. The smallest absolute Gasteiger partial charge is 0.337 e. The Morgan fingerprint density at radius 1 is 1.47 bits per heavy atom. The topological polar surface area (TPSA) is 35.5 Å². The number of rotatable bonds is 3. The lowest BCUT2D eigenvalue weighted by Crippen LogP contribution is -2.37. The molecule has 0 spiro atoms. The first-order valence-electron chi connectivity index (χ1n) is 5.15. The average molecular weight is 210 g/mol. The van der Waals surface area contributed by atoms with Gasteiger partial charge in [-0.2, -0.15) is 0 Å². The van der Waals surface area contributed by atoms with Gasteiger partial charge in [0.25, 0.3) is 5.79 Å². The third-order valence-corrected chi connectivity index (χ3v) is 2.17. The molecule has 3 nitrogen and oxygen atoms in total. The number of esters is 1. The molecule has 0 fully saturated rings. The van der Waals surface area contributed by atoms with Crippen LogP contribution in [0.3, 0.4) is 0 Å². The van der Waals surface area contributed by atoms with Gasteiger partial charge >= 0.3 is 5.97 Å². The normalized spacial score (nSPS) is 25.1. The summed E-state index contributed by atoms with van der Waals surface area (Å²) in [6.07, 6.45) is 4.99. The highest BCUT2D eigenvalue weighted by molar-refractivity contribution is 5.83. The van der Waals surface area contributed by atoms with Gasteiger partial charge in [-0.3, -0.25) is 0 Å². The molecular formula is C12H18O3. The molecule has 0 aromatic rings. The van der Waals surface area contributed by atoms with E-state index in [-0.39, 0.29) is 5.97 Å². The maximum atomic E-state index is 11.2. The highest BCUT2D eigenvalue weighted by Crippen LogP contribution is 2.27. The lowest BCUT2D eigenvalue weighted by molar-refractivity contribution is -0.214. The highest BCUT2D eigenvalue weighted by Gasteiger charge is 2.33. The van der Waals surface area contributed by atoms with Crippen LogP contribution < -0.4 is 0 Å². The largest absolute Gasteiger partial charge is 0.457 e. The van der Waals surface area contributed by atoms with Gasteiger partial charge in [0.15, 0.2) is 0 Å². The van der Waals surface area contributed by atoms with Crippen molar-refractivity contribution in [2.24, 2.45) is 0 Å². The SMILES string of the molecule is CC(C)=CCCC1(C)OC(=O)C=C(C)O1. The molecule has 1 aliphatic heterocycles. The van der Waals surface area contributed by atoms with E-state index < -0.39 is 5.79 Å². The monoisotopic (exact) mass is 210 g/mol. The number of ether oxygens (including phenoxy) is 2. The lowest BCUT2D eigenvalue weighted by Gasteiger charge is -2.32. The summed E-state index contributed by atoms with van der Waals surface area (Å²) in [5, 5.41) is 0. The van der Waals surface area contributed by atoms with Crippen molar-refractivity contribution in [3.05, 3.63) is 23.5 Å². The second-order valence-electron chi connectivity index (χ2n) is 4.23. The number of allylic oxidation sites excluding steroid dienone is 3. The third kappa shape index (κ3) is 3.78. The number of hydrogen-bond donors (Lipinski definition) is 0. The zero-order chi connectivity index (χ0) is 11.5. The predicted octanol–water partition coefficient (Wildman–Crippen LogP) is 2.93. The molecule has 1 aliphatic rings. The van der Waals surface area contributed by atoms with E-state index in [0.717, 1.165) is 6.42 Å². The summed E-state index contributed by atoms with van der Waals surface area (Å²) in [5.74, 6) is -0.508. The summed E-state index contributed by atoms with van der Waals surface area (Å²) in [7, 11) is 0. The Bertz CT molecular complexity index is 311. The van der Waals surface area contributed by atoms with E-state index in [4.69, 9.17) is 9.47 Å². The van der Waals surface area contributed by atoms with E-state index in [9.17, 15) is 4.79 Å². The molecule has 84 valence electrons. The first-order valence-corrected chi connectivity index (χ1v) is 5.15. The van der Waals surface area contributed by atoms with E-state index in [1.54, 1.807) is 13.8 Å². The maximum absolute atomic E-state index is 11.2. The fraction of sp³-hybridized carbons (Fsp3) is 0.583. The van der Waals surface area contributed by atoms with Gasteiger partial charge in [0.1, 0.15) is 5.76 Å². The van der Waals surface area contributed by atoms with Crippen molar-refractivity contribution in [2.75, 3.05) is 0 Å². The molecule has 1 rings (SSSR count). The van der Waals surface area contributed by atoms with Crippen LogP contribution in [0.4, 0.5) is 0 Å². The summed E-state index contributed by atoms with van der Waals surface area (Å²) >= 11 is 0. The molecule has 0 saturated heterocycles. The second kappa shape index (κ2) is 4.51. The zero-order valence-corrected chi connectivity index (χ0v) is 9.79. The van der Waals surface area contributed by atoms with Crippen LogP contribution in [0.15, 0.2) is 23.5 Å². The third-order valence-electron chi connectivity index (χ3n) is 2.17. The van der Waals surface area contributed by atoms with Gasteiger partial charge in [-0.1, -0.05) is 11.6 Å². The molecule has 0 saturated carbocycles. The van der Waals surface area contributed by atoms with Gasteiger partial charge in [-0.05, 0) is 27.2 Å². The summed E-state index contributed by atoms with van der Waals surface area (Å²) in [5.41, 5.74) is 1.26. The lowest BCUT2D eigenvalue weighted by atomic mass is 10.1. The Kier molecular flexibility index (Phi) is 3.56. The molecule has 0 aromatic heterocycles. The highest BCUT2D eigenvalue weighted by atomic mass is 16.7. The summed E-state index contributed by atoms with van der Waals surface area (Å²) in [6.45, 7) is 7.64. The quantitative estimate of drug-likeness (QED) is 0.530. The molecule has 3 heteroatoms. The van der Waals surface area contributed by atoms with E-state index in [2.05, 4.69) is 6.08 Å². The first-order chi connectivity index (χ1) is 6.91.